The normalized spacial score (nSPS) is 22.2. The Kier molecular flexibility index (Phi) is 9.17. The van der Waals surface area contributed by atoms with Gasteiger partial charge in [-0.15, -0.1) is 0 Å². The Balaban J connectivity index is 1.09. The molecule has 1 aliphatic heterocycles. The van der Waals surface area contributed by atoms with Crippen LogP contribution in [0, 0.1) is 5.92 Å². The van der Waals surface area contributed by atoms with Crippen LogP contribution in [0.4, 0.5) is 5.95 Å². The summed E-state index contributed by atoms with van der Waals surface area (Å²) in [5.74, 6) is 1.29. The molecular weight excluding hydrogens is 510 g/mol. The van der Waals surface area contributed by atoms with Gasteiger partial charge >= 0.3 is 0 Å². The summed E-state index contributed by atoms with van der Waals surface area (Å²) < 4.78 is 0. The summed E-state index contributed by atoms with van der Waals surface area (Å²) in [7, 11) is 4.02. The van der Waals surface area contributed by atoms with Crippen molar-refractivity contribution in [3.63, 3.8) is 0 Å². The van der Waals surface area contributed by atoms with Gasteiger partial charge in [0, 0.05) is 60.5 Å². The zero-order valence-electron chi connectivity index (χ0n) is 23.0. The number of hydrogen-bond donors (Lipinski definition) is 3. The van der Waals surface area contributed by atoms with E-state index in [9.17, 15) is 4.79 Å². The summed E-state index contributed by atoms with van der Waals surface area (Å²) in [6, 6.07) is 9.02. The summed E-state index contributed by atoms with van der Waals surface area (Å²) >= 11 is 6.51. The first-order chi connectivity index (χ1) is 19.0. The van der Waals surface area contributed by atoms with E-state index in [1.165, 1.54) is 6.42 Å². The van der Waals surface area contributed by atoms with Crippen molar-refractivity contribution >= 4 is 34.4 Å². The number of para-hydroxylation sites is 1. The standard InChI is InChI=1S/C30H40ClN7O/c1-37(2)15-6-10-28(39)38-16-5-7-21(20-38)17-32-22-11-13-23(14-12-22)35-30-34-19-26(31)29(36-30)25-18-33-27-9-4-3-8-24(25)27/h3-4,6,8-10,18-19,21-23,32-33H,5,7,11-17,20H2,1-2H3,(H,34,35,36). The number of aromatic nitrogens is 3. The largest absolute Gasteiger partial charge is 0.360 e. The second kappa shape index (κ2) is 12.9. The molecule has 1 unspecified atom stereocenters. The maximum atomic E-state index is 12.6. The SMILES string of the molecule is CN(C)CC=CC(=O)N1CCCC(CNC2CCC(Nc3ncc(Cl)c(-c4c[nH]c5ccccc45)n3)CC2)C1. The second-order valence-electron chi connectivity index (χ2n) is 11.2. The first-order valence-electron chi connectivity index (χ1n) is 14.2. The molecule has 2 aromatic heterocycles. The van der Waals surface area contributed by atoms with E-state index < -0.39 is 0 Å². The molecule has 0 spiro atoms. The zero-order valence-corrected chi connectivity index (χ0v) is 23.8. The third-order valence-electron chi connectivity index (χ3n) is 7.91. The molecule has 1 aromatic carbocycles. The molecule has 1 saturated heterocycles. The topological polar surface area (TPSA) is 89.2 Å². The lowest BCUT2D eigenvalue weighted by Crippen LogP contribution is -2.45. The van der Waals surface area contributed by atoms with Gasteiger partial charge in [-0.3, -0.25) is 4.79 Å². The van der Waals surface area contributed by atoms with Crippen LogP contribution in [-0.4, -0.2) is 83.0 Å². The van der Waals surface area contributed by atoms with E-state index in [1.54, 1.807) is 12.3 Å². The number of aromatic amines is 1. The molecule has 5 rings (SSSR count). The number of likely N-dealkylation sites (N-methyl/N-ethyl adjacent to an activating group) is 1. The van der Waals surface area contributed by atoms with Crippen molar-refractivity contribution in [1.29, 1.82) is 0 Å². The molecular formula is C30H40ClN7O. The molecule has 1 atom stereocenters. The summed E-state index contributed by atoms with van der Waals surface area (Å²) in [5, 5.41) is 9.00. The minimum atomic E-state index is 0.144. The number of piperidine rings is 1. The van der Waals surface area contributed by atoms with Gasteiger partial charge < -0.3 is 25.4 Å². The second-order valence-corrected chi connectivity index (χ2v) is 11.6. The van der Waals surface area contributed by atoms with Crippen molar-refractivity contribution in [2.24, 2.45) is 5.92 Å². The highest BCUT2D eigenvalue weighted by Crippen LogP contribution is 2.32. The highest BCUT2D eigenvalue weighted by molar-refractivity contribution is 6.33. The number of fused-ring (bicyclic) bond motifs is 1. The molecule has 3 aromatic rings. The number of carbonyl (C=O) groups excluding carboxylic acids is 1. The smallest absolute Gasteiger partial charge is 0.246 e. The van der Waals surface area contributed by atoms with Crippen molar-refractivity contribution < 1.29 is 4.79 Å². The maximum absolute atomic E-state index is 12.6. The minimum absolute atomic E-state index is 0.144. The monoisotopic (exact) mass is 549 g/mol. The fraction of sp³-hybridized carbons (Fsp3) is 0.500. The molecule has 3 N–H and O–H groups in total. The van der Waals surface area contributed by atoms with Gasteiger partial charge in [0.1, 0.15) is 0 Å². The molecule has 1 amide bonds. The van der Waals surface area contributed by atoms with Crippen LogP contribution < -0.4 is 10.6 Å². The first-order valence-corrected chi connectivity index (χ1v) is 14.5. The summed E-state index contributed by atoms with van der Waals surface area (Å²) in [6.45, 7) is 3.48. The number of rotatable bonds is 9. The number of carbonyl (C=O) groups is 1. The highest BCUT2D eigenvalue weighted by Gasteiger charge is 2.26. The molecule has 1 aliphatic carbocycles. The van der Waals surface area contributed by atoms with Crippen molar-refractivity contribution in [2.75, 3.05) is 45.6 Å². The van der Waals surface area contributed by atoms with E-state index in [0.29, 0.717) is 29.0 Å². The molecule has 39 heavy (non-hydrogen) atoms. The van der Waals surface area contributed by atoms with E-state index in [0.717, 1.165) is 80.4 Å². The van der Waals surface area contributed by atoms with Gasteiger partial charge in [-0.1, -0.05) is 35.9 Å². The van der Waals surface area contributed by atoms with Crippen molar-refractivity contribution in [2.45, 2.75) is 50.6 Å². The van der Waals surface area contributed by atoms with Crippen LogP contribution in [-0.2, 0) is 4.79 Å². The van der Waals surface area contributed by atoms with Crippen LogP contribution in [0.1, 0.15) is 38.5 Å². The average Bonchev–Trinajstić information content (AvgIpc) is 3.38. The maximum Gasteiger partial charge on any atom is 0.246 e. The number of halogens is 1. The average molecular weight is 550 g/mol. The number of nitrogens with one attached hydrogen (secondary N) is 3. The summed E-state index contributed by atoms with van der Waals surface area (Å²) in [4.78, 5) is 29.2. The van der Waals surface area contributed by atoms with E-state index >= 15 is 0 Å². The van der Waals surface area contributed by atoms with Crippen LogP contribution in [0.3, 0.4) is 0 Å². The highest BCUT2D eigenvalue weighted by atomic mass is 35.5. The number of amides is 1. The number of H-pyrrole nitrogens is 1. The molecule has 8 nitrogen and oxygen atoms in total. The lowest BCUT2D eigenvalue weighted by molar-refractivity contribution is -0.127. The molecule has 1 saturated carbocycles. The number of likely N-dealkylation sites (tertiary alicyclic amines) is 1. The van der Waals surface area contributed by atoms with Crippen LogP contribution in [0.5, 0.6) is 0 Å². The number of hydrogen-bond acceptors (Lipinski definition) is 6. The molecule has 0 radical (unpaired) electrons. The first kappa shape index (κ1) is 27.6. The molecule has 3 heterocycles. The predicted molar refractivity (Wildman–Crippen MR) is 159 cm³/mol. The quantitative estimate of drug-likeness (QED) is 0.327. The minimum Gasteiger partial charge on any atom is -0.360 e. The number of anilines is 1. The summed E-state index contributed by atoms with van der Waals surface area (Å²) in [6.07, 6.45) is 14.0. The molecule has 2 aliphatic rings. The Morgan fingerprint density at radius 1 is 1.18 bits per heavy atom. The van der Waals surface area contributed by atoms with Crippen molar-refractivity contribution in [1.82, 2.24) is 30.1 Å². The van der Waals surface area contributed by atoms with E-state index in [-0.39, 0.29) is 5.91 Å². The van der Waals surface area contributed by atoms with E-state index in [2.05, 4.69) is 31.6 Å². The lowest BCUT2D eigenvalue weighted by Gasteiger charge is -2.35. The van der Waals surface area contributed by atoms with Crippen LogP contribution in [0.15, 0.2) is 48.8 Å². The van der Waals surface area contributed by atoms with Crippen LogP contribution in [0.2, 0.25) is 5.02 Å². The molecule has 9 heteroatoms. The van der Waals surface area contributed by atoms with Gasteiger partial charge in [-0.2, -0.15) is 0 Å². The summed E-state index contributed by atoms with van der Waals surface area (Å²) in [5.41, 5.74) is 2.79. The fourth-order valence-corrected chi connectivity index (χ4v) is 5.95. The Bertz CT molecular complexity index is 1280. The van der Waals surface area contributed by atoms with Gasteiger partial charge in [-0.25, -0.2) is 9.97 Å². The third-order valence-corrected chi connectivity index (χ3v) is 8.18. The zero-order chi connectivity index (χ0) is 27.2. The van der Waals surface area contributed by atoms with Gasteiger partial charge in [0.15, 0.2) is 0 Å². The number of benzene rings is 1. The number of nitrogens with zero attached hydrogens (tertiary/aromatic N) is 4. The van der Waals surface area contributed by atoms with Crippen LogP contribution in [0.25, 0.3) is 22.2 Å². The fourth-order valence-electron chi connectivity index (χ4n) is 5.75. The Hall–Kier alpha value is -2.94. The van der Waals surface area contributed by atoms with Crippen molar-refractivity contribution in [3.05, 3.63) is 53.8 Å². The van der Waals surface area contributed by atoms with E-state index in [4.69, 9.17) is 16.6 Å². The Morgan fingerprint density at radius 3 is 2.79 bits per heavy atom. The Morgan fingerprint density at radius 2 is 1.97 bits per heavy atom. The molecule has 2 fully saturated rings. The van der Waals surface area contributed by atoms with Gasteiger partial charge in [-0.05, 0) is 71.1 Å². The van der Waals surface area contributed by atoms with Gasteiger partial charge in [0.2, 0.25) is 11.9 Å². The molecule has 208 valence electrons. The van der Waals surface area contributed by atoms with Crippen molar-refractivity contribution in [3.8, 4) is 11.3 Å². The van der Waals surface area contributed by atoms with Crippen LogP contribution >= 0.6 is 11.6 Å². The van der Waals surface area contributed by atoms with Gasteiger partial charge in [0.25, 0.3) is 0 Å². The molecule has 0 bridgehead atoms. The third kappa shape index (κ3) is 7.18. The van der Waals surface area contributed by atoms with Gasteiger partial charge in [0.05, 0.1) is 16.9 Å². The Labute approximate surface area is 236 Å². The lowest BCUT2D eigenvalue weighted by atomic mass is 9.90. The van der Waals surface area contributed by atoms with E-state index in [1.807, 2.05) is 49.5 Å². The predicted octanol–water partition coefficient (Wildman–Crippen LogP) is 4.95.